The quantitative estimate of drug-likeness (QED) is 0.354. The zero-order valence-corrected chi connectivity index (χ0v) is 14.4. The monoisotopic (exact) mass is 363 g/mol. The Kier molecular flexibility index (Phi) is 5.95. The minimum absolute atomic E-state index is 0.222. The molecular formula is C16H22N5O3P. The van der Waals surface area contributed by atoms with Gasteiger partial charge in [0.2, 0.25) is 0 Å². The zero-order valence-electron chi connectivity index (χ0n) is 13.5. The number of hydrazine groups is 3. The van der Waals surface area contributed by atoms with Gasteiger partial charge in [0.15, 0.2) is 0 Å². The number of rotatable bonds is 7. The van der Waals surface area contributed by atoms with E-state index in [0.29, 0.717) is 6.42 Å². The summed E-state index contributed by atoms with van der Waals surface area (Å²) in [5.41, 5.74) is 14.7. The molecule has 0 bridgehead atoms. The lowest BCUT2D eigenvalue weighted by Gasteiger charge is -2.24. The summed E-state index contributed by atoms with van der Waals surface area (Å²) in [5.74, 6) is 0. The fraction of sp³-hybridized carbons (Fsp3) is 0.250. The SMILES string of the molecule is O=P(O)(O)CN[C@@H](Cc1ccc(-c2ccccc2)cc1)C1NNNN1. The molecule has 3 rings (SSSR count). The lowest BCUT2D eigenvalue weighted by atomic mass is 10.00. The van der Waals surface area contributed by atoms with Crippen LogP contribution in [0.15, 0.2) is 54.6 Å². The first-order valence-electron chi connectivity index (χ1n) is 7.95. The van der Waals surface area contributed by atoms with Crippen LogP contribution in [0.25, 0.3) is 11.1 Å². The van der Waals surface area contributed by atoms with E-state index in [0.717, 1.165) is 16.7 Å². The summed E-state index contributed by atoms with van der Waals surface area (Å²) in [4.78, 5) is 18.2. The largest absolute Gasteiger partial charge is 0.339 e. The Bertz CT molecular complexity index is 716. The van der Waals surface area contributed by atoms with Crippen molar-refractivity contribution in [1.82, 2.24) is 27.2 Å². The lowest BCUT2D eigenvalue weighted by Crippen LogP contribution is -2.53. The Balaban J connectivity index is 1.69. The molecule has 2 aromatic carbocycles. The summed E-state index contributed by atoms with van der Waals surface area (Å²) >= 11 is 0. The van der Waals surface area contributed by atoms with E-state index < -0.39 is 7.60 Å². The predicted molar refractivity (Wildman–Crippen MR) is 95.7 cm³/mol. The van der Waals surface area contributed by atoms with Gasteiger partial charge in [-0.1, -0.05) is 54.6 Å². The van der Waals surface area contributed by atoms with Gasteiger partial charge in [0.05, 0.1) is 6.29 Å². The fourth-order valence-electron chi connectivity index (χ4n) is 2.73. The first-order valence-corrected chi connectivity index (χ1v) is 9.74. The van der Waals surface area contributed by atoms with Gasteiger partial charge in [0.25, 0.3) is 0 Å². The molecule has 0 spiro atoms. The molecule has 2 aromatic rings. The minimum atomic E-state index is -4.12. The van der Waals surface area contributed by atoms with Crippen molar-refractivity contribution in [3.63, 3.8) is 0 Å². The van der Waals surface area contributed by atoms with Crippen LogP contribution >= 0.6 is 7.60 Å². The molecule has 134 valence electrons. The summed E-state index contributed by atoms with van der Waals surface area (Å²) < 4.78 is 11.2. The Hall–Kier alpha value is -1.61. The zero-order chi connectivity index (χ0) is 17.7. The fourth-order valence-corrected chi connectivity index (χ4v) is 3.20. The lowest BCUT2D eigenvalue weighted by molar-refractivity contribution is 0.339. The highest BCUT2D eigenvalue weighted by Gasteiger charge is 2.26. The van der Waals surface area contributed by atoms with Crippen molar-refractivity contribution in [2.75, 3.05) is 6.29 Å². The molecule has 9 heteroatoms. The van der Waals surface area contributed by atoms with Gasteiger partial charge in [-0.15, -0.1) is 0 Å². The first kappa shape index (κ1) is 18.2. The normalized spacial score (nSPS) is 16.9. The van der Waals surface area contributed by atoms with Crippen molar-refractivity contribution >= 4 is 7.60 Å². The summed E-state index contributed by atoms with van der Waals surface area (Å²) in [6.07, 6.45) is 0.00302. The average molecular weight is 363 g/mol. The van der Waals surface area contributed by atoms with E-state index in [1.165, 1.54) is 0 Å². The molecule has 0 amide bonds. The molecule has 1 heterocycles. The minimum Gasteiger partial charge on any atom is -0.324 e. The Morgan fingerprint density at radius 3 is 2.16 bits per heavy atom. The topological polar surface area (TPSA) is 118 Å². The third-order valence-corrected chi connectivity index (χ3v) is 4.59. The van der Waals surface area contributed by atoms with Gasteiger partial charge in [0.1, 0.15) is 6.17 Å². The van der Waals surface area contributed by atoms with Crippen LogP contribution in [0, 0.1) is 0 Å². The van der Waals surface area contributed by atoms with Crippen molar-refractivity contribution in [3.05, 3.63) is 60.2 Å². The van der Waals surface area contributed by atoms with Gasteiger partial charge >= 0.3 is 7.60 Å². The van der Waals surface area contributed by atoms with E-state index in [-0.39, 0.29) is 18.5 Å². The molecule has 1 atom stereocenters. The highest BCUT2D eigenvalue weighted by molar-refractivity contribution is 7.51. The van der Waals surface area contributed by atoms with E-state index >= 15 is 0 Å². The van der Waals surface area contributed by atoms with Crippen LogP contribution in [0.5, 0.6) is 0 Å². The van der Waals surface area contributed by atoms with E-state index in [1.54, 1.807) is 0 Å². The molecule has 8 nitrogen and oxygen atoms in total. The summed E-state index contributed by atoms with van der Waals surface area (Å²) in [6, 6.07) is 18.1. The smallest absolute Gasteiger partial charge is 0.324 e. The van der Waals surface area contributed by atoms with Crippen LogP contribution in [0.4, 0.5) is 0 Å². The van der Waals surface area contributed by atoms with Crippen molar-refractivity contribution < 1.29 is 14.4 Å². The van der Waals surface area contributed by atoms with E-state index in [1.807, 2.05) is 30.3 Å². The van der Waals surface area contributed by atoms with Crippen molar-refractivity contribution in [2.24, 2.45) is 0 Å². The third-order valence-electron chi connectivity index (χ3n) is 4.00. The molecule has 0 radical (unpaired) electrons. The van der Waals surface area contributed by atoms with Crippen LogP contribution < -0.4 is 27.2 Å². The summed E-state index contributed by atoms with van der Waals surface area (Å²) in [6.45, 7) is 0. The standard InChI is InChI=1S/C16H22N5O3P/c22-25(23,24)11-17-15(16-18-20-21-19-16)10-12-6-8-14(9-7-12)13-4-2-1-3-5-13/h1-9,15-21H,10-11H2,(H2,22,23,24)/t15-/m0/s1. The van der Waals surface area contributed by atoms with E-state index in [9.17, 15) is 4.57 Å². The van der Waals surface area contributed by atoms with Crippen LogP contribution in [0.2, 0.25) is 0 Å². The molecule has 0 saturated carbocycles. The maximum Gasteiger partial charge on any atom is 0.339 e. The van der Waals surface area contributed by atoms with E-state index in [2.05, 4.69) is 51.5 Å². The van der Waals surface area contributed by atoms with Gasteiger partial charge < -0.3 is 15.1 Å². The second-order valence-corrected chi connectivity index (χ2v) is 7.56. The Morgan fingerprint density at radius 1 is 0.960 bits per heavy atom. The van der Waals surface area contributed by atoms with Gasteiger partial charge in [-0.05, 0) is 23.1 Å². The Morgan fingerprint density at radius 2 is 1.56 bits per heavy atom. The van der Waals surface area contributed by atoms with Crippen LogP contribution in [0.3, 0.4) is 0 Å². The molecule has 0 unspecified atom stereocenters. The molecule has 1 aliphatic heterocycles. The van der Waals surface area contributed by atoms with Crippen molar-refractivity contribution in [2.45, 2.75) is 18.6 Å². The second-order valence-electron chi connectivity index (χ2n) is 5.92. The molecule has 0 aliphatic carbocycles. The van der Waals surface area contributed by atoms with Crippen LogP contribution in [0.1, 0.15) is 5.56 Å². The molecule has 0 aromatic heterocycles. The summed E-state index contributed by atoms with van der Waals surface area (Å²) in [7, 11) is -4.12. The van der Waals surface area contributed by atoms with Gasteiger partial charge in [-0.2, -0.15) is 11.1 Å². The maximum atomic E-state index is 11.2. The average Bonchev–Trinajstić information content (AvgIpc) is 3.14. The summed E-state index contributed by atoms with van der Waals surface area (Å²) in [5, 5.41) is 2.93. The van der Waals surface area contributed by atoms with Crippen LogP contribution in [-0.2, 0) is 11.0 Å². The molecular weight excluding hydrogens is 341 g/mol. The van der Waals surface area contributed by atoms with Crippen molar-refractivity contribution in [3.8, 4) is 11.1 Å². The van der Waals surface area contributed by atoms with Crippen molar-refractivity contribution in [1.29, 1.82) is 0 Å². The highest BCUT2D eigenvalue weighted by atomic mass is 31.2. The van der Waals surface area contributed by atoms with Crippen LogP contribution in [-0.4, -0.2) is 28.3 Å². The molecule has 1 aliphatic rings. The van der Waals surface area contributed by atoms with Gasteiger partial charge in [-0.3, -0.25) is 4.57 Å². The second kappa shape index (κ2) is 8.18. The highest BCUT2D eigenvalue weighted by Crippen LogP contribution is 2.32. The molecule has 1 fully saturated rings. The number of hydrogen-bond acceptors (Lipinski definition) is 6. The Labute approximate surface area is 146 Å². The predicted octanol–water partition coefficient (Wildman–Crippen LogP) is 0.433. The number of nitrogens with one attached hydrogen (secondary N) is 5. The molecule has 25 heavy (non-hydrogen) atoms. The van der Waals surface area contributed by atoms with Gasteiger partial charge in [0, 0.05) is 6.04 Å². The third kappa shape index (κ3) is 5.43. The van der Waals surface area contributed by atoms with Gasteiger partial charge in [-0.25, -0.2) is 10.9 Å². The molecule has 7 N–H and O–H groups in total. The number of hydrogen-bond donors (Lipinski definition) is 7. The van der Waals surface area contributed by atoms with E-state index in [4.69, 9.17) is 9.79 Å². The number of benzene rings is 2. The first-order chi connectivity index (χ1) is 12.0. The maximum absolute atomic E-state index is 11.2. The molecule has 1 saturated heterocycles.